The number of aromatic nitrogens is 3. The predicted molar refractivity (Wildman–Crippen MR) is 125 cm³/mol. The van der Waals surface area contributed by atoms with Crippen molar-refractivity contribution in [1.29, 1.82) is 0 Å². The second-order valence-electron chi connectivity index (χ2n) is 7.46. The molecule has 0 aliphatic carbocycles. The van der Waals surface area contributed by atoms with Gasteiger partial charge in [0.1, 0.15) is 17.3 Å². The van der Waals surface area contributed by atoms with E-state index in [0.29, 0.717) is 40.1 Å². The highest BCUT2D eigenvalue weighted by atomic mass is 32.1. The molecular weight excluding hydrogens is 442 g/mol. The van der Waals surface area contributed by atoms with Crippen LogP contribution in [0.4, 0.5) is 0 Å². The van der Waals surface area contributed by atoms with Crippen LogP contribution in [0.5, 0.6) is 0 Å². The molecule has 33 heavy (non-hydrogen) atoms. The number of nitrogens with zero attached hydrogens (tertiary/aromatic N) is 2. The van der Waals surface area contributed by atoms with Crippen LogP contribution < -0.4 is 11.3 Å². The fourth-order valence-corrected chi connectivity index (χ4v) is 4.67. The lowest BCUT2D eigenvalue weighted by Gasteiger charge is -2.05. The number of fused-ring (bicyclic) bond motifs is 2. The standard InChI is InChI=1S/C24H19N3O5S/c28-21(11-6-12-27-17-9-4-5-10-18(17)32-24(27)30)31-14-20-25-22(29)16-13-19(33-23(16)26-20)15-7-2-1-3-8-15/h1-5,7-10,13H,6,11-12,14H2,(H,25,26,29). The summed E-state index contributed by atoms with van der Waals surface area (Å²) in [6.07, 6.45) is 0.534. The van der Waals surface area contributed by atoms with Gasteiger partial charge in [-0.05, 0) is 30.2 Å². The summed E-state index contributed by atoms with van der Waals surface area (Å²) in [4.78, 5) is 45.3. The second-order valence-corrected chi connectivity index (χ2v) is 8.49. The number of oxazole rings is 1. The third-order valence-corrected chi connectivity index (χ3v) is 6.29. The van der Waals surface area contributed by atoms with Crippen LogP contribution in [-0.2, 0) is 22.7 Å². The minimum atomic E-state index is -0.453. The number of nitrogens with one attached hydrogen (secondary N) is 1. The van der Waals surface area contributed by atoms with E-state index in [1.165, 1.54) is 15.9 Å². The molecule has 0 unspecified atom stereocenters. The summed E-state index contributed by atoms with van der Waals surface area (Å²) in [5.74, 6) is -0.598. The Labute approximate surface area is 191 Å². The summed E-state index contributed by atoms with van der Waals surface area (Å²) in [6.45, 7) is 0.209. The van der Waals surface area contributed by atoms with E-state index in [-0.39, 0.29) is 18.6 Å². The molecule has 8 nitrogen and oxygen atoms in total. The Bertz CT molecular complexity index is 1560. The highest BCUT2D eigenvalue weighted by molar-refractivity contribution is 7.21. The zero-order valence-corrected chi connectivity index (χ0v) is 18.3. The fourth-order valence-electron chi connectivity index (χ4n) is 3.62. The van der Waals surface area contributed by atoms with Crippen LogP contribution in [0.25, 0.3) is 31.8 Å². The SMILES string of the molecule is O=C(CCCn1c(=O)oc2ccccc21)OCc1nc2sc(-c3ccccc3)cc2c(=O)[nH]1. The van der Waals surface area contributed by atoms with Crippen LogP contribution >= 0.6 is 11.3 Å². The molecule has 0 spiro atoms. The van der Waals surface area contributed by atoms with Crippen molar-refractivity contribution in [3.05, 3.63) is 87.4 Å². The van der Waals surface area contributed by atoms with Gasteiger partial charge in [0.25, 0.3) is 5.56 Å². The average Bonchev–Trinajstić information content (AvgIpc) is 3.40. The van der Waals surface area contributed by atoms with Crippen molar-refractivity contribution in [2.75, 3.05) is 0 Å². The van der Waals surface area contributed by atoms with Crippen molar-refractivity contribution in [2.45, 2.75) is 26.0 Å². The molecule has 166 valence electrons. The molecule has 5 aromatic rings. The summed E-state index contributed by atoms with van der Waals surface area (Å²) in [7, 11) is 0. The van der Waals surface area contributed by atoms with E-state index < -0.39 is 11.7 Å². The maximum atomic E-state index is 12.5. The molecular formula is C24H19N3O5S. The monoisotopic (exact) mass is 461 g/mol. The number of aryl methyl sites for hydroxylation is 1. The van der Waals surface area contributed by atoms with Crippen LogP contribution in [-0.4, -0.2) is 20.5 Å². The number of carbonyl (C=O) groups is 1. The Morgan fingerprint density at radius 3 is 2.73 bits per heavy atom. The Balaban J connectivity index is 1.21. The number of para-hydroxylation sites is 2. The molecule has 0 amide bonds. The van der Waals surface area contributed by atoms with Gasteiger partial charge in [-0.3, -0.25) is 14.2 Å². The van der Waals surface area contributed by atoms with Gasteiger partial charge in [0.2, 0.25) is 0 Å². The first-order valence-electron chi connectivity index (χ1n) is 10.4. The number of hydrogen-bond acceptors (Lipinski definition) is 7. The number of hydrogen-bond donors (Lipinski definition) is 1. The van der Waals surface area contributed by atoms with Crippen LogP contribution in [0.15, 0.2) is 74.7 Å². The molecule has 0 aliphatic heterocycles. The van der Waals surface area contributed by atoms with Gasteiger partial charge in [-0.1, -0.05) is 42.5 Å². The van der Waals surface area contributed by atoms with Crippen molar-refractivity contribution in [3.8, 4) is 10.4 Å². The van der Waals surface area contributed by atoms with Crippen LogP contribution in [0.3, 0.4) is 0 Å². The molecule has 0 bridgehead atoms. The number of carbonyl (C=O) groups excluding carboxylic acids is 1. The van der Waals surface area contributed by atoms with Crippen LogP contribution in [0, 0.1) is 0 Å². The molecule has 2 aromatic carbocycles. The van der Waals surface area contributed by atoms with E-state index in [0.717, 1.165) is 10.4 Å². The topological polar surface area (TPSA) is 107 Å². The third kappa shape index (κ3) is 4.35. The lowest BCUT2D eigenvalue weighted by atomic mass is 10.2. The van der Waals surface area contributed by atoms with Gasteiger partial charge >= 0.3 is 11.7 Å². The van der Waals surface area contributed by atoms with Crippen molar-refractivity contribution < 1.29 is 13.9 Å². The summed E-state index contributed by atoms with van der Waals surface area (Å²) < 4.78 is 12.0. The van der Waals surface area contributed by atoms with Gasteiger partial charge < -0.3 is 14.1 Å². The smallest absolute Gasteiger partial charge is 0.419 e. The number of thiophene rings is 1. The molecule has 0 aliphatic rings. The number of ether oxygens (including phenoxy) is 1. The fraction of sp³-hybridized carbons (Fsp3) is 0.167. The molecule has 3 aromatic heterocycles. The minimum Gasteiger partial charge on any atom is -0.458 e. The molecule has 0 saturated heterocycles. The van der Waals surface area contributed by atoms with Gasteiger partial charge in [0.15, 0.2) is 5.58 Å². The lowest BCUT2D eigenvalue weighted by molar-refractivity contribution is -0.145. The molecule has 1 N–H and O–H groups in total. The minimum absolute atomic E-state index is 0.121. The number of benzene rings is 2. The molecule has 9 heteroatoms. The zero-order chi connectivity index (χ0) is 22.8. The van der Waals surface area contributed by atoms with E-state index in [1.807, 2.05) is 42.5 Å². The maximum absolute atomic E-state index is 12.5. The molecule has 0 radical (unpaired) electrons. The van der Waals surface area contributed by atoms with Crippen molar-refractivity contribution in [2.24, 2.45) is 0 Å². The summed E-state index contributed by atoms with van der Waals surface area (Å²) in [5, 5.41) is 0.506. The summed E-state index contributed by atoms with van der Waals surface area (Å²) in [5.41, 5.74) is 1.95. The second kappa shape index (κ2) is 8.87. The van der Waals surface area contributed by atoms with Crippen molar-refractivity contribution in [1.82, 2.24) is 14.5 Å². The number of aromatic amines is 1. The van der Waals surface area contributed by atoms with Crippen LogP contribution in [0.1, 0.15) is 18.7 Å². The lowest BCUT2D eigenvalue weighted by Crippen LogP contribution is -2.16. The normalized spacial score (nSPS) is 11.3. The predicted octanol–water partition coefficient (Wildman–Crippen LogP) is 4.08. The van der Waals surface area contributed by atoms with Gasteiger partial charge in [-0.15, -0.1) is 11.3 Å². The highest BCUT2D eigenvalue weighted by Gasteiger charge is 2.13. The van der Waals surface area contributed by atoms with Gasteiger partial charge in [-0.25, -0.2) is 9.78 Å². The van der Waals surface area contributed by atoms with E-state index in [9.17, 15) is 14.4 Å². The summed E-state index contributed by atoms with van der Waals surface area (Å²) in [6, 6.07) is 18.7. The van der Waals surface area contributed by atoms with Crippen molar-refractivity contribution in [3.63, 3.8) is 0 Å². The van der Waals surface area contributed by atoms with E-state index in [2.05, 4.69) is 9.97 Å². The van der Waals surface area contributed by atoms with Crippen LogP contribution in [0.2, 0.25) is 0 Å². The Morgan fingerprint density at radius 2 is 1.88 bits per heavy atom. The molecule has 0 fully saturated rings. The molecule has 0 atom stereocenters. The van der Waals surface area contributed by atoms with E-state index in [1.54, 1.807) is 18.2 Å². The number of esters is 1. The summed E-state index contributed by atoms with van der Waals surface area (Å²) >= 11 is 1.41. The third-order valence-electron chi connectivity index (χ3n) is 5.22. The maximum Gasteiger partial charge on any atom is 0.419 e. The first kappa shape index (κ1) is 20.9. The largest absolute Gasteiger partial charge is 0.458 e. The zero-order valence-electron chi connectivity index (χ0n) is 17.4. The highest BCUT2D eigenvalue weighted by Crippen LogP contribution is 2.30. The number of H-pyrrole nitrogens is 1. The van der Waals surface area contributed by atoms with Gasteiger partial charge in [0, 0.05) is 17.8 Å². The Morgan fingerprint density at radius 1 is 1.09 bits per heavy atom. The molecule has 3 heterocycles. The Hall–Kier alpha value is -3.98. The van der Waals surface area contributed by atoms with E-state index >= 15 is 0 Å². The molecule has 0 saturated carbocycles. The number of rotatable bonds is 7. The quantitative estimate of drug-likeness (QED) is 0.366. The average molecular weight is 461 g/mol. The van der Waals surface area contributed by atoms with Crippen molar-refractivity contribution >= 4 is 38.6 Å². The molecule has 5 rings (SSSR count). The van der Waals surface area contributed by atoms with Gasteiger partial charge in [0.05, 0.1) is 10.9 Å². The Kier molecular flexibility index (Phi) is 5.62. The first-order valence-corrected chi connectivity index (χ1v) is 11.2. The van der Waals surface area contributed by atoms with Gasteiger partial charge in [-0.2, -0.15) is 0 Å². The van der Waals surface area contributed by atoms with E-state index in [4.69, 9.17) is 9.15 Å². The first-order chi connectivity index (χ1) is 16.1.